The van der Waals surface area contributed by atoms with Gasteiger partial charge in [0.15, 0.2) is 0 Å². The summed E-state index contributed by atoms with van der Waals surface area (Å²) in [5.41, 5.74) is 4.26. The molecule has 1 atom stereocenters. The lowest BCUT2D eigenvalue weighted by Gasteiger charge is -2.16. The maximum absolute atomic E-state index is 6.37. The monoisotopic (exact) mass is 352 g/mol. The Balaban J connectivity index is 1.78. The number of hydrogen-bond donors (Lipinski definition) is 2. The summed E-state index contributed by atoms with van der Waals surface area (Å²) >= 11 is 6.37. The molecule has 1 aromatic heterocycles. The van der Waals surface area contributed by atoms with Crippen LogP contribution in [0.2, 0.25) is 5.02 Å². The summed E-state index contributed by atoms with van der Waals surface area (Å²) in [5, 5.41) is 7.31. The molecule has 25 heavy (non-hydrogen) atoms. The van der Waals surface area contributed by atoms with Crippen molar-refractivity contribution in [2.75, 3.05) is 10.6 Å². The Bertz CT molecular complexity index is 842. The number of anilines is 3. The molecule has 0 fully saturated rings. The predicted octanol–water partition coefficient (Wildman–Crippen LogP) is 5.66. The number of aryl methyl sites for hydroxylation is 2. The van der Waals surface area contributed by atoms with Gasteiger partial charge in [-0.1, -0.05) is 48.0 Å². The molecule has 3 aromatic rings. The maximum Gasteiger partial charge on any atom is 0.225 e. The van der Waals surface area contributed by atoms with E-state index in [1.54, 1.807) is 6.20 Å². The van der Waals surface area contributed by atoms with Crippen LogP contribution in [0.1, 0.15) is 29.7 Å². The molecule has 5 heteroatoms. The van der Waals surface area contributed by atoms with Crippen molar-refractivity contribution in [3.63, 3.8) is 0 Å². The van der Waals surface area contributed by atoms with E-state index in [9.17, 15) is 0 Å². The maximum atomic E-state index is 6.37. The van der Waals surface area contributed by atoms with Crippen LogP contribution in [0.15, 0.2) is 54.7 Å². The molecule has 0 saturated heterocycles. The number of halogens is 1. The van der Waals surface area contributed by atoms with Crippen molar-refractivity contribution >= 4 is 29.1 Å². The van der Waals surface area contributed by atoms with Gasteiger partial charge in [-0.05, 0) is 49.6 Å². The van der Waals surface area contributed by atoms with Gasteiger partial charge < -0.3 is 10.6 Å². The summed E-state index contributed by atoms with van der Waals surface area (Å²) in [6.07, 6.45) is 1.73. The predicted molar refractivity (Wildman–Crippen MR) is 105 cm³/mol. The van der Waals surface area contributed by atoms with Crippen molar-refractivity contribution in [1.82, 2.24) is 9.97 Å². The van der Waals surface area contributed by atoms with Crippen molar-refractivity contribution in [3.8, 4) is 0 Å². The minimum atomic E-state index is 0.112. The second kappa shape index (κ2) is 7.53. The van der Waals surface area contributed by atoms with Crippen LogP contribution in [0, 0.1) is 13.8 Å². The molecule has 1 heterocycles. The highest BCUT2D eigenvalue weighted by Gasteiger charge is 2.09. The van der Waals surface area contributed by atoms with Crippen molar-refractivity contribution in [1.29, 1.82) is 0 Å². The fourth-order valence-corrected chi connectivity index (χ4v) is 3.09. The van der Waals surface area contributed by atoms with Crippen molar-refractivity contribution in [3.05, 3.63) is 76.4 Å². The minimum Gasteiger partial charge on any atom is -0.348 e. The Labute approximate surface area is 153 Å². The quantitative estimate of drug-likeness (QED) is 0.621. The summed E-state index contributed by atoms with van der Waals surface area (Å²) < 4.78 is 0. The Morgan fingerprint density at radius 2 is 1.80 bits per heavy atom. The lowest BCUT2D eigenvalue weighted by atomic mass is 10.1. The normalized spacial score (nSPS) is 11.8. The molecule has 4 nitrogen and oxygen atoms in total. The Morgan fingerprint density at radius 3 is 2.52 bits per heavy atom. The first-order valence-electron chi connectivity index (χ1n) is 8.21. The number of rotatable bonds is 5. The zero-order chi connectivity index (χ0) is 17.8. The molecule has 3 rings (SSSR count). The van der Waals surface area contributed by atoms with Crippen LogP contribution in [0.5, 0.6) is 0 Å². The fourth-order valence-electron chi connectivity index (χ4n) is 2.72. The van der Waals surface area contributed by atoms with Gasteiger partial charge in [-0.2, -0.15) is 4.98 Å². The van der Waals surface area contributed by atoms with Crippen LogP contribution in [0.3, 0.4) is 0 Å². The molecule has 1 unspecified atom stereocenters. The van der Waals surface area contributed by atoms with E-state index in [2.05, 4.69) is 45.7 Å². The van der Waals surface area contributed by atoms with E-state index >= 15 is 0 Å². The molecule has 0 radical (unpaired) electrons. The van der Waals surface area contributed by atoms with E-state index in [1.807, 2.05) is 44.2 Å². The van der Waals surface area contributed by atoms with Gasteiger partial charge in [0.05, 0.1) is 16.8 Å². The van der Waals surface area contributed by atoms with Crippen LogP contribution in [0.25, 0.3) is 0 Å². The molecule has 2 N–H and O–H groups in total. The topological polar surface area (TPSA) is 49.8 Å². The molecule has 0 amide bonds. The van der Waals surface area contributed by atoms with Gasteiger partial charge >= 0.3 is 0 Å². The third kappa shape index (κ3) is 4.28. The largest absolute Gasteiger partial charge is 0.348 e. The van der Waals surface area contributed by atoms with E-state index in [0.717, 1.165) is 16.8 Å². The van der Waals surface area contributed by atoms with Gasteiger partial charge in [-0.25, -0.2) is 4.98 Å². The number of nitrogens with one attached hydrogen (secondary N) is 2. The third-order valence-electron chi connectivity index (χ3n) is 3.99. The summed E-state index contributed by atoms with van der Waals surface area (Å²) in [6, 6.07) is 16.2. The van der Waals surface area contributed by atoms with Crippen LogP contribution in [-0.2, 0) is 0 Å². The zero-order valence-electron chi connectivity index (χ0n) is 14.5. The Morgan fingerprint density at radius 1 is 1.04 bits per heavy atom. The standard InChI is InChI=1S/C20H21ClN4/c1-13-11-14(2)19(17(21)12-13)24-18-9-10-22-20(25-18)23-15(3)16-7-5-4-6-8-16/h4-12,15H,1-3H3,(H2,22,23,24,25). The highest BCUT2D eigenvalue weighted by atomic mass is 35.5. The van der Waals surface area contributed by atoms with Crippen LogP contribution < -0.4 is 10.6 Å². The highest BCUT2D eigenvalue weighted by Crippen LogP contribution is 2.30. The summed E-state index contributed by atoms with van der Waals surface area (Å²) in [5.74, 6) is 1.27. The lowest BCUT2D eigenvalue weighted by molar-refractivity contribution is 0.861. The van der Waals surface area contributed by atoms with Crippen LogP contribution in [-0.4, -0.2) is 9.97 Å². The molecule has 2 aromatic carbocycles. The average molecular weight is 353 g/mol. The van der Waals surface area contributed by atoms with Gasteiger partial charge in [0.25, 0.3) is 0 Å². The van der Waals surface area contributed by atoms with Crippen LogP contribution >= 0.6 is 11.6 Å². The second-order valence-electron chi connectivity index (χ2n) is 6.11. The SMILES string of the molecule is Cc1cc(C)c(Nc2ccnc(NC(C)c3ccccc3)n2)c(Cl)c1. The third-order valence-corrected chi connectivity index (χ3v) is 4.28. The first kappa shape index (κ1) is 17.2. The molecule has 0 saturated carbocycles. The van der Waals surface area contributed by atoms with Gasteiger partial charge in [-0.3, -0.25) is 0 Å². The highest BCUT2D eigenvalue weighted by molar-refractivity contribution is 6.33. The van der Waals surface area contributed by atoms with E-state index in [0.29, 0.717) is 16.8 Å². The van der Waals surface area contributed by atoms with E-state index in [-0.39, 0.29) is 6.04 Å². The number of hydrogen-bond acceptors (Lipinski definition) is 4. The van der Waals surface area contributed by atoms with Gasteiger partial charge in [0.1, 0.15) is 5.82 Å². The van der Waals surface area contributed by atoms with Crippen molar-refractivity contribution in [2.24, 2.45) is 0 Å². The lowest BCUT2D eigenvalue weighted by Crippen LogP contribution is -2.10. The first-order chi connectivity index (χ1) is 12.0. The Kier molecular flexibility index (Phi) is 5.19. The number of aromatic nitrogens is 2. The van der Waals surface area contributed by atoms with E-state index in [1.165, 1.54) is 5.56 Å². The van der Waals surface area contributed by atoms with E-state index in [4.69, 9.17) is 11.6 Å². The molecule has 128 valence electrons. The number of benzene rings is 2. The zero-order valence-corrected chi connectivity index (χ0v) is 15.3. The summed E-state index contributed by atoms with van der Waals surface area (Å²) in [6.45, 7) is 6.14. The molecular formula is C20H21ClN4. The summed E-state index contributed by atoms with van der Waals surface area (Å²) in [4.78, 5) is 8.86. The van der Waals surface area contributed by atoms with Crippen molar-refractivity contribution < 1.29 is 0 Å². The van der Waals surface area contributed by atoms with Crippen LogP contribution in [0.4, 0.5) is 17.5 Å². The molecule has 0 bridgehead atoms. The van der Waals surface area contributed by atoms with Gasteiger partial charge in [0, 0.05) is 6.20 Å². The molecule has 0 aliphatic carbocycles. The average Bonchev–Trinajstić information content (AvgIpc) is 2.59. The molecular weight excluding hydrogens is 332 g/mol. The number of nitrogens with zero attached hydrogens (tertiary/aromatic N) is 2. The second-order valence-corrected chi connectivity index (χ2v) is 6.51. The first-order valence-corrected chi connectivity index (χ1v) is 8.59. The minimum absolute atomic E-state index is 0.112. The smallest absolute Gasteiger partial charge is 0.225 e. The van der Waals surface area contributed by atoms with Gasteiger partial charge in [0.2, 0.25) is 5.95 Å². The summed E-state index contributed by atoms with van der Waals surface area (Å²) in [7, 11) is 0. The fraction of sp³-hybridized carbons (Fsp3) is 0.200. The van der Waals surface area contributed by atoms with E-state index < -0.39 is 0 Å². The Hall–Kier alpha value is -2.59. The molecule has 0 aliphatic heterocycles. The van der Waals surface area contributed by atoms with Gasteiger partial charge in [-0.15, -0.1) is 0 Å². The molecule has 0 aliphatic rings. The molecule has 0 spiro atoms. The van der Waals surface area contributed by atoms with Crippen molar-refractivity contribution in [2.45, 2.75) is 26.8 Å².